The first-order valence-electron chi connectivity index (χ1n) is 7.26. The fraction of sp³-hybridized carbons (Fsp3) is 0.0500. The number of para-hydroxylation sites is 1. The normalized spacial score (nSPS) is 12.9. The lowest BCUT2D eigenvalue weighted by Gasteiger charge is -2.06. The van der Waals surface area contributed by atoms with Crippen molar-refractivity contribution >= 4 is 11.9 Å². The van der Waals surface area contributed by atoms with E-state index in [2.05, 4.69) is 89.7 Å². The van der Waals surface area contributed by atoms with Crippen LogP contribution >= 0.6 is 0 Å². The fourth-order valence-corrected chi connectivity index (χ4v) is 2.96. The number of rotatable bonds is 1. The SMILES string of the molecule is C1=[N+](c2ccccc2)Cc2ccccc2-c2ccccc21. The summed E-state index contributed by atoms with van der Waals surface area (Å²) < 4.78 is 2.32. The molecule has 21 heavy (non-hydrogen) atoms. The molecule has 0 aromatic heterocycles. The Labute approximate surface area is 124 Å². The highest BCUT2D eigenvalue weighted by molar-refractivity contribution is 5.90. The third kappa shape index (κ3) is 2.17. The molecule has 0 atom stereocenters. The van der Waals surface area contributed by atoms with E-state index >= 15 is 0 Å². The molecule has 1 nitrogen and oxygen atoms in total. The molecule has 0 unspecified atom stereocenters. The lowest BCUT2D eigenvalue weighted by Crippen LogP contribution is -2.06. The van der Waals surface area contributed by atoms with Crippen molar-refractivity contribution in [3.8, 4) is 11.1 Å². The fourth-order valence-electron chi connectivity index (χ4n) is 2.96. The summed E-state index contributed by atoms with van der Waals surface area (Å²) in [6.45, 7) is 0.898. The second-order valence-electron chi connectivity index (χ2n) is 5.34. The highest BCUT2D eigenvalue weighted by atomic mass is 15.0. The van der Waals surface area contributed by atoms with Crippen molar-refractivity contribution in [2.75, 3.05) is 0 Å². The number of fused-ring (bicyclic) bond motifs is 3. The topological polar surface area (TPSA) is 3.01 Å². The molecule has 0 aliphatic carbocycles. The van der Waals surface area contributed by atoms with Crippen LogP contribution in [0.15, 0.2) is 78.9 Å². The summed E-state index contributed by atoms with van der Waals surface area (Å²) >= 11 is 0. The summed E-state index contributed by atoms with van der Waals surface area (Å²) in [5.41, 5.74) is 6.51. The first-order valence-corrected chi connectivity index (χ1v) is 7.26. The molecule has 0 fully saturated rings. The van der Waals surface area contributed by atoms with E-state index in [0.717, 1.165) is 6.54 Å². The molecule has 1 aliphatic heterocycles. The van der Waals surface area contributed by atoms with Crippen LogP contribution in [0.1, 0.15) is 11.1 Å². The first-order chi connectivity index (χ1) is 10.4. The first kappa shape index (κ1) is 12.1. The molecule has 0 bridgehead atoms. The van der Waals surface area contributed by atoms with Gasteiger partial charge in [0, 0.05) is 23.3 Å². The van der Waals surface area contributed by atoms with E-state index in [1.54, 1.807) is 0 Å². The lowest BCUT2D eigenvalue weighted by atomic mass is 9.97. The van der Waals surface area contributed by atoms with E-state index in [4.69, 9.17) is 0 Å². The van der Waals surface area contributed by atoms with Crippen LogP contribution in [0.5, 0.6) is 0 Å². The van der Waals surface area contributed by atoms with Gasteiger partial charge in [0.1, 0.15) is 0 Å². The number of hydrogen-bond donors (Lipinski definition) is 0. The molecule has 0 radical (unpaired) electrons. The van der Waals surface area contributed by atoms with Crippen molar-refractivity contribution in [1.29, 1.82) is 0 Å². The molecule has 3 aromatic rings. The maximum atomic E-state index is 2.32. The Kier molecular flexibility index (Phi) is 2.89. The predicted molar refractivity (Wildman–Crippen MR) is 87.1 cm³/mol. The van der Waals surface area contributed by atoms with Crippen LogP contribution < -0.4 is 0 Å². The Balaban J connectivity index is 1.96. The summed E-state index contributed by atoms with van der Waals surface area (Å²) in [6, 6.07) is 27.9. The van der Waals surface area contributed by atoms with Gasteiger partial charge in [-0.15, -0.1) is 0 Å². The van der Waals surface area contributed by atoms with Crippen molar-refractivity contribution in [3.63, 3.8) is 0 Å². The Bertz CT molecular complexity index is 816. The quantitative estimate of drug-likeness (QED) is 0.567. The van der Waals surface area contributed by atoms with Gasteiger partial charge in [-0.05, 0) is 17.2 Å². The predicted octanol–water partition coefficient (Wildman–Crippen LogP) is 4.63. The number of hydrogen-bond acceptors (Lipinski definition) is 0. The van der Waals surface area contributed by atoms with E-state index in [1.807, 2.05) is 0 Å². The largest absolute Gasteiger partial charge is 0.205 e. The molecule has 3 aromatic carbocycles. The van der Waals surface area contributed by atoms with Gasteiger partial charge < -0.3 is 0 Å². The third-order valence-electron chi connectivity index (χ3n) is 3.99. The van der Waals surface area contributed by atoms with Gasteiger partial charge >= 0.3 is 0 Å². The van der Waals surface area contributed by atoms with E-state index < -0.39 is 0 Å². The molecule has 0 saturated carbocycles. The number of benzene rings is 3. The van der Waals surface area contributed by atoms with E-state index in [1.165, 1.54) is 27.9 Å². The van der Waals surface area contributed by atoms with Crippen LogP contribution in [0.25, 0.3) is 11.1 Å². The molecule has 100 valence electrons. The van der Waals surface area contributed by atoms with Gasteiger partial charge in [0.25, 0.3) is 0 Å². The standard InChI is InChI=1S/C20H16N/c1-2-10-18(11-3-1)21-14-16-8-4-6-12-19(16)20-13-7-5-9-17(20)15-21/h1-14H,15H2/q+1. The summed E-state index contributed by atoms with van der Waals surface area (Å²) in [6.07, 6.45) is 2.25. The van der Waals surface area contributed by atoms with Crippen molar-refractivity contribution in [3.05, 3.63) is 90.0 Å². The van der Waals surface area contributed by atoms with Crippen LogP contribution in [0.3, 0.4) is 0 Å². The van der Waals surface area contributed by atoms with Gasteiger partial charge in [0.2, 0.25) is 5.69 Å². The molecule has 0 spiro atoms. The Hall–Kier alpha value is -2.67. The van der Waals surface area contributed by atoms with Gasteiger partial charge in [-0.25, -0.2) is 0 Å². The smallest absolute Gasteiger partial charge is 0.194 e. The van der Waals surface area contributed by atoms with E-state index in [-0.39, 0.29) is 0 Å². The molecular formula is C20H16N+. The Morgan fingerprint density at radius 3 is 2.14 bits per heavy atom. The molecular weight excluding hydrogens is 254 g/mol. The van der Waals surface area contributed by atoms with Crippen LogP contribution in [0.4, 0.5) is 5.69 Å². The zero-order valence-electron chi connectivity index (χ0n) is 11.7. The Morgan fingerprint density at radius 2 is 1.29 bits per heavy atom. The lowest BCUT2D eigenvalue weighted by molar-refractivity contribution is -0.452. The van der Waals surface area contributed by atoms with Crippen LogP contribution in [-0.2, 0) is 6.54 Å². The van der Waals surface area contributed by atoms with Gasteiger partial charge in [-0.1, -0.05) is 60.7 Å². The highest BCUT2D eigenvalue weighted by Gasteiger charge is 2.19. The van der Waals surface area contributed by atoms with E-state index in [9.17, 15) is 0 Å². The van der Waals surface area contributed by atoms with Crippen LogP contribution in [-0.4, -0.2) is 10.8 Å². The van der Waals surface area contributed by atoms with Gasteiger partial charge in [-0.2, -0.15) is 4.58 Å². The van der Waals surface area contributed by atoms with E-state index in [0.29, 0.717) is 0 Å². The maximum absolute atomic E-state index is 2.32. The molecule has 1 aliphatic rings. The number of nitrogens with zero attached hydrogens (tertiary/aromatic N) is 1. The minimum atomic E-state index is 0.898. The van der Waals surface area contributed by atoms with Crippen molar-refractivity contribution in [2.24, 2.45) is 0 Å². The zero-order valence-corrected chi connectivity index (χ0v) is 11.7. The molecule has 4 rings (SSSR count). The van der Waals surface area contributed by atoms with Crippen molar-refractivity contribution in [1.82, 2.24) is 0 Å². The monoisotopic (exact) mass is 270 g/mol. The van der Waals surface area contributed by atoms with Crippen LogP contribution in [0, 0.1) is 0 Å². The van der Waals surface area contributed by atoms with Crippen molar-refractivity contribution < 1.29 is 4.58 Å². The Morgan fingerprint density at radius 1 is 0.619 bits per heavy atom. The second-order valence-corrected chi connectivity index (χ2v) is 5.34. The maximum Gasteiger partial charge on any atom is 0.205 e. The molecule has 1 heterocycles. The minimum Gasteiger partial charge on any atom is -0.194 e. The summed E-state index contributed by atoms with van der Waals surface area (Å²) in [5, 5.41) is 0. The average molecular weight is 270 g/mol. The third-order valence-corrected chi connectivity index (χ3v) is 3.99. The summed E-state index contributed by atoms with van der Waals surface area (Å²) in [7, 11) is 0. The minimum absolute atomic E-state index is 0.898. The summed E-state index contributed by atoms with van der Waals surface area (Å²) in [5.74, 6) is 0. The van der Waals surface area contributed by atoms with Gasteiger partial charge in [-0.3, -0.25) is 0 Å². The zero-order chi connectivity index (χ0) is 14.1. The molecule has 0 saturated heterocycles. The molecule has 0 N–H and O–H groups in total. The second kappa shape index (κ2) is 5.02. The van der Waals surface area contributed by atoms with Gasteiger partial charge in [0.05, 0.1) is 0 Å². The highest BCUT2D eigenvalue weighted by Crippen LogP contribution is 2.30. The van der Waals surface area contributed by atoms with Crippen LogP contribution in [0.2, 0.25) is 0 Å². The molecule has 1 heteroatoms. The summed E-state index contributed by atoms with van der Waals surface area (Å²) in [4.78, 5) is 0. The van der Waals surface area contributed by atoms with Crippen molar-refractivity contribution in [2.45, 2.75) is 6.54 Å². The average Bonchev–Trinajstić information content (AvgIpc) is 2.72. The molecule has 0 amide bonds. The van der Waals surface area contributed by atoms with Gasteiger partial charge in [0.15, 0.2) is 12.8 Å².